The van der Waals surface area contributed by atoms with Crippen molar-refractivity contribution in [3.8, 4) is 0 Å². The van der Waals surface area contributed by atoms with Gasteiger partial charge in [-0.25, -0.2) is 0 Å². The lowest BCUT2D eigenvalue weighted by molar-refractivity contribution is -0.166. The summed E-state index contributed by atoms with van der Waals surface area (Å²) in [7, 11) is 0. The highest BCUT2D eigenvalue weighted by molar-refractivity contribution is 5.71. The molecule has 0 aromatic rings. The van der Waals surface area contributed by atoms with Crippen molar-refractivity contribution in [1.82, 2.24) is 0 Å². The average molecular weight is 927 g/mol. The van der Waals surface area contributed by atoms with E-state index in [0.29, 0.717) is 19.3 Å². The van der Waals surface area contributed by atoms with Crippen LogP contribution in [0.15, 0.2) is 122 Å². The molecule has 1 unspecified atom stereocenters. The second-order valence-corrected chi connectivity index (χ2v) is 17.4. The molecular formula is C61H98O6. The number of rotatable bonds is 47. The van der Waals surface area contributed by atoms with Gasteiger partial charge in [0.15, 0.2) is 6.10 Å². The average Bonchev–Trinajstić information content (AvgIpc) is 3.33. The van der Waals surface area contributed by atoms with Crippen LogP contribution >= 0.6 is 0 Å². The van der Waals surface area contributed by atoms with Gasteiger partial charge in [-0.1, -0.05) is 213 Å². The number of hydrogen-bond donors (Lipinski definition) is 0. The molecule has 0 heterocycles. The number of ether oxygens (including phenoxy) is 3. The molecule has 0 aromatic heterocycles. The number of unbranched alkanes of at least 4 members (excludes halogenated alkanes) is 16. The molecule has 67 heavy (non-hydrogen) atoms. The molecule has 6 nitrogen and oxygen atoms in total. The largest absolute Gasteiger partial charge is 0.462 e. The van der Waals surface area contributed by atoms with E-state index >= 15 is 0 Å². The van der Waals surface area contributed by atoms with Gasteiger partial charge in [-0.2, -0.15) is 0 Å². The lowest BCUT2D eigenvalue weighted by Crippen LogP contribution is -2.30. The maximum atomic E-state index is 12.8. The SMILES string of the molecule is CC/C=C\C/C=C\C/C=C\C/C=C\CCCCC(=O)OC(COC(=O)CC/C=C\C/C=C\C/C=C\C/C=C\CC)COC(=O)CCCCCCCCCCC/C=C\C/C=C\CCCCCCC. The molecule has 0 spiro atoms. The summed E-state index contributed by atoms with van der Waals surface area (Å²) < 4.78 is 16.7. The summed E-state index contributed by atoms with van der Waals surface area (Å²) >= 11 is 0. The Morgan fingerprint density at radius 2 is 0.612 bits per heavy atom. The zero-order chi connectivity index (χ0) is 48.6. The van der Waals surface area contributed by atoms with Crippen LogP contribution in [0, 0.1) is 0 Å². The minimum absolute atomic E-state index is 0.122. The number of allylic oxidation sites excluding steroid dienone is 20. The molecule has 0 aliphatic heterocycles. The van der Waals surface area contributed by atoms with Crippen molar-refractivity contribution in [1.29, 1.82) is 0 Å². The van der Waals surface area contributed by atoms with Crippen LogP contribution in [0.2, 0.25) is 0 Å². The second kappa shape index (κ2) is 54.4. The van der Waals surface area contributed by atoms with Gasteiger partial charge in [0, 0.05) is 19.3 Å². The van der Waals surface area contributed by atoms with Crippen LogP contribution in [-0.2, 0) is 28.6 Å². The molecular weight excluding hydrogens is 829 g/mol. The fourth-order valence-corrected chi connectivity index (χ4v) is 6.95. The maximum Gasteiger partial charge on any atom is 0.306 e. The Morgan fingerprint density at radius 3 is 1.03 bits per heavy atom. The first kappa shape index (κ1) is 62.8. The van der Waals surface area contributed by atoms with Gasteiger partial charge < -0.3 is 14.2 Å². The van der Waals surface area contributed by atoms with Crippen LogP contribution in [0.1, 0.15) is 226 Å². The monoisotopic (exact) mass is 927 g/mol. The highest BCUT2D eigenvalue weighted by Crippen LogP contribution is 2.13. The van der Waals surface area contributed by atoms with Crippen LogP contribution in [-0.4, -0.2) is 37.2 Å². The Morgan fingerprint density at radius 1 is 0.313 bits per heavy atom. The van der Waals surface area contributed by atoms with E-state index in [1.54, 1.807) is 0 Å². The van der Waals surface area contributed by atoms with Gasteiger partial charge in [0.2, 0.25) is 0 Å². The van der Waals surface area contributed by atoms with Gasteiger partial charge >= 0.3 is 17.9 Å². The molecule has 0 N–H and O–H groups in total. The van der Waals surface area contributed by atoms with E-state index in [4.69, 9.17) is 14.2 Å². The minimum atomic E-state index is -0.833. The zero-order valence-corrected chi connectivity index (χ0v) is 43.1. The predicted molar refractivity (Wildman–Crippen MR) is 288 cm³/mol. The fraction of sp³-hybridized carbons (Fsp3) is 0.623. The fourth-order valence-electron chi connectivity index (χ4n) is 6.95. The molecule has 0 saturated carbocycles. The second-order valence-electron chi connectivity index (χ2n) is 17.4. The molecule has 0 bridgehead atoms. The summed E-state index contributed by atoms with van der Waals surface area (Å²) in [6.45, 7) is 6.28. The molecule has 1 atom stereocenters. The Labute approximate surface area is 412 Å². The van der Waals surface area contributed by atoms with E-state index in [2.05, 4.69) is 130 Å². The van der Waals surface area contributed by atoms with E-state index in [0.717, 1.165) is 89.9 Å². The van der Waals surface area contributed by atoms with Crippen LogP contribution < -0.4 is 0 Å². The quantitative estimate of drug-likeness (QED) is 0.0262. The van der Waals surface area contributed by atoms with Gasteiger partial charge in [0.25, 0.3) is 0 Å². The molecule has 0 fully saturated rings. The Hall–Kier alpha value is -4.19. The Bertz CT molecular complexity index is 1440. The molecule has 378 valence electrons. The molecule has 0 aliphatic carbocycles. The van der Waals surface area contributed by atoms with Gasteiger partial charge in [-0.05, 0) is 116 Å². The van der Waals surface area contributed by atoms with Gasteiger partial charge in [0.05, 0.1) is 0 Å². The summed E-state index contributed by atoms with van der Waals surface area (Å²) in [5.41, 5.74) is 0. The first-order valence-electron chi connectivity index (χ1n) is 27.0. The first-order chi connectivity index (χ1) is 33.0. The molecule has 6 heteroatoms. The molecule has 0 rings (SSSR count). The molecule has 0 aliphatic rings. The van der Waals surface area contributed by atoms with Crippen LogP contribution in [0.3, 0.4) is 0 Å². The van der Waals surface area contributed by atoms with Crippen molar-refractivity contribution >= 4 is 17.9 Å². The number of carbonyl (C=O) groups is 3. The van der Waals surface area contributed by atoms with Crippen molar-refractivity contribution in [2.45, 2.75) is 232 Å². The highest BCUT2D eigenvalue weighted by Gasteiger charge is 2.19. The molecule has 0 amide bonds. The van der Waals surface area contributed by atoms with Crippen molar-refractivity contribution < 1.29 is 28.6 Å². The lowest BCUT2D eigenvalue weighted by Gasteiger charge is -2.18. The lowest BCUT2D eigenvalue weighted by atomic mass is 10.1. The van der Waals surface area contributed by atoms with Crippen molar-refractivity contribution in [3.63, 3.8) is 0 Å². The van der Waals surface area contributed by atoms with Crippen molar-refractivity contribution in [3.05, 3.63) is 122 Å². The first-order valence-corrected chi connectivity index (χ1v) is 27.0. The smallest absolute Gasteiger partial charge is 0.306 e. The number of esters is 3. The van der Waals surface area contributed by atoms with E-state index in [9.17, 15) is 14.4 Å². The van der Waals surface area contributed by atoms with Crippen LogP contribution in [0.25, 0.3) is 0 Å². The Kier molecular flexibility index (Phi) is 51.0. The zero-order valence-electron chi connectivity index (χ0n) is 43.1. The highest BCUT2D eigenvalue weighted by atomic mass is 16.6. The van der Waals surface area contributed by atoms with Crippen LogP contribution in [0.5, 0.6) is 0 Å². The number of carbonyl (C=O) groups excluding carboxylic acids is 3. The Balaban J connectivity index is 4.48. The molecule has 0 aromatic carbocycles. The van der Waals surface area contributed by atoms with Crippen molar-refractivity contribution in [2.24, 2.45) is 0 Å². The minimum Gasteiger partial charge on any atom is -0.462 e. The van der Waals surface area contributed by atoms with E-state index in [-0.39, 0.29) is 44.0 Å². The standard InChI is InChI=1S/C61H98O6/c1-4-7-10-13-16-19-22-25-27-28-29-30-31-32-34-36-39-42-45-48-51-54-60(63)66-57-58(56-65-59(62)53-50-47-44-41-38-35-24-21-18-15-12-9-6-3)67-61(64)55-52-49-46-43-40-37-33-26-23-20-17-14-11-8-5-2/h8-9,11-12,17-18,20-22,25-26,28-29,33,35,38,40,43-44,47,58H,4-7,10,13-16,19,23-24,27,30-32,34,36-37,39,41-42,45-46,48-57H2,1-3H3/b11-8-,12-9-,20-17-,21-18-,25-22-,29-28-,33-26-,38-35-,43-40-,47-44-. The topological polar surface area (TPSA) is 78.9 Å². The van der Waals surface area contributed by atoms with Gasteiger partial charge in [-0.3, -0.25) is 14.4 Å². The normalized spacial score (nSPS) is 13.1. The van der Waals surface area contributed by atoms with E-state index in [1.165, 1.54) is 83.5 Å². The molecule has 0 saturated heterocycles. The third-order valence-corrected chi connectivity index (χ3v) is 10.9. The summed E-state index contributed by atoms with van der Waals surface area (Å²) in [6.07, 6.45) is 74.9. The summed E-state index contributed by atoms with van der Waals surface area (Å²) in [4.78, 5) is 38.0. The third kappa shape index (κ3) is 52.6. The molecule has 0 radical (unpaired) electrons. The van der Waals surface area contributed by atoms with Gasteiger partial charge in [-0.15, -0.1) is 0 Å². The number of hydrogen-bond acceptors (Lipinski definition) is 6. The van der Waals surface area contributed by atoms with Crippen molar-refractivity contribution in [2.75, 3.05) is 13.2 Å². The summed E-state index contributed by atoms with van der Waals surface area (Å²) in [5, 5.41) is 0. The predicted octanol–water partition coefficient (Wildman–Crippen LogP) is 18.1. The van der Waals surface area contributed by atoms with E-state index < -0.39 is 6.10 Å². The maximum absolute atomic E-state index is 12.8. The third-order valence-electron chi connectivity index (χ3n) is 10.9. The van der Waals surface area contributed by atoms with Gasteiger partial charge in [0.1, 0.15) is 13.2 Å². The van der Waals surface area contributed by atoms with Crippen LogP contribution in [0.4, 0.5) is 0 Å². The summed E-state index contributed by atoms with van der Waals surface area (Å²) in [5.74, 6) is -1.06. The van der Waals surface area contributed by atoms with E-state index in [1.807, 2.05) is 12.2 Å². The summed E-state index contributed by atoms with van der Waals surface area (Å²) in [6, 6.07) is 0.